The smallest absolute Gasteiger partial charge is 0.422 e. The number of aromatic amines is 1. The highest BCUT2D eigenvalue weighted by molar-refractivity contribution is 7.71. The van der Waals surface area contributed by atoms with Gasteiger partial charge in [-0.05, 0) is 56.4 Å². The number of amides is 1. The maximum atomic E-state index is 12.6. The number of alkyl halides is 3. The number of pyridine rings is 1. The normalized spacial score (nSPS) is 10.9. The van der Waals surface area contributed by atoms with Crippen molar-refractivity contribution in [1.82, 2.24) is 19.4 Å². The minimum atomic E-state index is -4.30. The lowest BCUT2D eigenvalue weighted by Gasteiger charge is -2.17. The van der Waals surface area contributed by atoms with Crippen LogP contribution in [0.2, 0.25) is 0 Å². The van der Waals surface area contributed by atoms with Crippen molar-refractivity contribution in [3.63, 3.8) is 0 Å². The number of carbonyl (C=O) groups excluding carboxylic acids is 2. The second-order valence-corrected chi connectivity index (χ2v) is 8.80. The van der Waals surface area contributed by atoms with Crippen LogP contribution in [0.3, 0.4) is 0 Å². The van der Waals surface area contributed by atoms with Gasteiger partial charge < -0.3 is 19.4 Å². The van der Waals surface area contributed by atoms with Crippen LogP contribution in [0, 0.1) is 18.6 Å². The van der Waals surface area contributed by atoms with Crippen LogP contribution in [0.15, 0.2) is 66.9 Å². The first kappa shape index (κ1) is 29.4. The van der Waals surface area contributed by atoms with Crippen LogP contribution in [-0.4, -0.2) is 64.4 Å². The number of H-pyrrole nitrogens is 1. The molecule has 206 valence electrons. The molecule has 4 rings (SSSR count). The van der Waals surface area contributed by atoms with Crippen molar-refractivity contribution in [2.45, 2.75) is 20.0 Å². The van der Waals surface area contributed by atoms with Gasteiger partial charge in [0.2, 0.25) is 0 Å². The number of likely N-dealkylation sites (N-methyl/N-ethyl adjacent to an activating group) is 1. The number of esters is 1. The molecule has 2 heterocycles. The number of nitrogens with one attached hydrogen (secondary N) is 1. The molecule has 2 aromatic heterocycles. The number of aryl methyl sites for hydroxylation is 1. The first-order valence-electron chi connectivity index (χ1n) is 11.8. The van der Waals surface area contributed by atoms with Crippen LogP contribution >= 0.6 is 12.2 Å². The summed E-state index contributed by atoms with van der Waals surface area (Å²) in [5, 5.41) is 0. The SMILES string of the molecule is CN(CCOC(=O)c1ccccc1)C(=O)n1c(=S)[nH]c2ccccc21.Cc1nccc(OCC(F)(F)F)c1C. The Morgan fingerprint density at radius 3 is 2.41 bits per heavy atom. The van der Waals surface area contributed by atoms with Crippen LogP contribution in [0.4, 0.5) is 18.0 Å². The van der Waals surface area contributed by atoms with Gasteiger partial charge >= 0.3 is 18.2 Å². The predicted octanol–water partition coefficient (Wildman–Crippen LogP) is 6.10. The number of imidazole rings is 1. The average molecular weight is 561 g/mol. The number of benzene rings is 2. The van der Waals surface area contributed by atoms with Gasteiger partial charge in [0.15, 0.2) is 11.4 Å². The zero-order valence-electron chi connectivity index (χ0n) is 21.5. The van der Waals surface area contributed by atoms with E-state index in [2.05, 4.69) is 14.7 Å². The van der Waals surface area contributed by atoms with Gasteiger partial charge in [0.1, 0.15) is 12.4 Å². The Labute approximate surface area is 228 Å². The van der Waals surface area contributed by atoms with Crippen LogP contribution in [-0.2, 0) is 4.74 Å². The number of nitrogens with zero attached hydrogens (tertiary/aromatic N) is 3. The zero-order valence-corrected chi connectivity index (χ0v) is 22.3. The molecule has 0 aliphatic carbocycles. The summed E-state index contributed by atoms with van der Waals surface area (Å²) < 4.78 is 47.1. The second-order valence-electron chi connectivity index (χ2n) is 8.41. The van der Waals surface area contributed by atoms with E-state index < -0.39 is 18.8 Å². The molecule has 2 aromatic carbocycles. The molecule has 8 nitrogen and oxygen atoms in total. The van der Waals surface area contributed by atoms with Crippen molar-refractivity contribution in [3.05, 3.63) is 88.5 Å². The molecule has 1 N–H and O–H groups in total. The van der Waals surface area contributed by atoms with Crippen LogP contribution in [0.5, 0.6) is 5.75 Å². The topological polar surface area (TPSA) is 89.5 Å². The first-order valence-corrected chi connectivity index (χ1v) is 12.2. The Morgan fingerprint density at radius 2 is 1.72 bits per heavy atom. The van der Waals surface area contributed by atoms with Gasteiger partial charge in [0.05, 0.1) is 23.1 Å². The molecule has 0 bridgehead atoms. The number of ether oxygens (including phenoxy) is 2. The van der Waals surface area contributed by atoms with Crippen molar-refractivity contribution < 1.29 is 32.2 Å². The van der Waals surface area contributed by atoms with E-state index in [0.717, 1.165) is 5.52 Å². The van der Waals surface area contributed by atoms with E-state index in [1.807, 2.05) is 30.3 Å². The van der Waals surface area contributed by atoms with E-state index in [0.29, 0.717) is 27.1 Å². The van der Waals surface area contributed by atoms with Gasteiger partial charge in [-0.15, -0.1) is 0 Å². The zero-order chi connectivity index (χ0) is 28.6. The minimum absolute atomic E-state index is 0.103. The predicted molar refractivity (Wildman–Crippen MR) is 143 cm³/mol. The lowest BCUT2D eigenvalue weighted by atomic mass is 10.2. The molecule has 0 atom stereocenters. The van der Waals surface area contributed by atoms with Crippen LogP contribution in [0.25, 0.3) is 11.0 Å². The lowest BCUT2D eigenvalue weighted by molar-refractivity contribution is -0.153. The fourth-order valence-electron chi connectivity index (χ4n) is 3.38. The van der Waals surface area contributed by atoms with Crippen molar-refractivity contribution >= 4 is 35.3 Å². The number of aromatic nitrogens is 3. The molecule has 1 amide bonds. The Kier molecular flexibility index (Phi) is 9.83. The van der Waals surface area contributed by atoms with Gasteiger partial charge in [-0.3, -0.25) is 4.98 Å². The van der Waals surface area contributed by atoms with E-state index in [4.69, 9.17) is 17.0 Å². The van der Waals surface area contributed by atoms with E-state index in [9.17, 15) is 22.8 Å². The fourth-order valence-corrected chi connectivity index (χ4v) is 3.66. The van der Waals surface area contributed by atoms with E-state index in [1.165, 1.54) is 21.7 Å². The van der Waals surface area contributed by atoms with Gasteiger partial charge in [-0.2, -0.15) is 13.2 Å². The summed E-state index contributed by atoms with van der Waals surface area (Å²) in [4.78, 5) is 32.9. The number of hydrogen-bond acceptors (Lipinski definition) is 6. The lowest BCUT2D eigenvalue weighted by Crippen LogP contribution is -2.34. The number of carbonyl (C=O) groups is 2. The standard InChI is InChI=1S/C18H17N3O3S.C9H10F3NO/c1-20(11-12-24-16(22)13-7-3-2-4-8-13)18(23)21-15-10-6-5-9-14(15)19-17(21)25;1-6-7(2)13-4-3-8(6)14-5-9(10,11)12/h2-10H,11-12H2,1H3,(H,19,25);3-4H,5H2,1-2H3. The number of para-hydroxylation sites is 2. The summed E-state index contributed by atoms with van der Waals surface area (Å²) in [5.41, 5.74) is 3.30. The van der Waals surface area contributed by atoms with Crippen molar-refractivity contribution in [3.8, 4) is 5.75 Å². The molecule has 39 heavy (non-hydrogen) atoms. The van der Waals surface area contributed by atoms with Crippen LogP contribution < -0.4 is 4.74 Å². The summed E-state index contributed by atoms with van der Waals surface area (Å²) >= 11 is 5.24. The molecular weight excluding hydrogens is 533 g/mol. The highest BCUT2D eigenvalue weighted by atomic mass is 32.1. The Bertz CT molecular complexity index is 1490. The van der Waals surface area contributed by atoms with Crippen molar-refractivity contribution in [1.29, 1.82) is 0 Å². The first-order chi connectivity index (χ1) is 18.5. The highest BCUT2D eigenvalue weighted by Gasteiger charge is 2.28. The molecule has 0 aliphatic heterocycles. The van der Waals surface area contributed by atoms with Gasteiger partial charge in [0, 0.05) is 24.5 Å². The number of halogens is 3. The summed E-state index contributed by atoms with van der Waals surface area (Å²) in [6, 6.07) is 17.3. The van der Waals surface area contributed by atoms with Crippen molar-refractivity contribution in [2.24, 2.45) is 0 Å². The summed E-state index contributed by atoms with van der Waals surface area (Å²) in [6.07, 6.45) is -2.88. The van der Waals surface area contributed by atoms with Gasteiger partial charge in [0.25, 0.3) is 0 Å². The number of hydrogen-bond donors (Lipinski definition) is 1. The molecule has 12 heteroatoms. The maximum Gasteiger partial charge on any atom is 0.422 e. The Morgan fingerprint density at radius 1 is 1.05 bits per heavy atom. The fraction of sp³-hybridized carbons (Fsp3) is 0.259. The average Bonchev–Trinajstić information content (AvgIpc) is 3.25. The Hall–Kier alpha value is -4.19. The molecule has 0 spiro atoms. The molecule has 0 fully saturated rings. The third-order valence-electron chi connectivity index (χ3n) is 5.57. The van der Waals surface area contributed by atoms with E-state index in [-0.39, 0.29) is 24.9 Å². The maximum absolute atomic E-state index is 12.6. The third kappa shape index (κ3) is 8.14. The molecular formula is C27H27F3N4O4S. The van der Waals surface area contributed by atoms with Gasteiger partial charge in [-0.1, -0.05) is 30.3 Å². The summed E-state index contributed by atoms with van der Waals surface area (Å²) in [6.45, 7) is 2.49. The van der Waals surface area contributed by atoms with Crippen LogP contribution in [0.1, 0.15) is 21.6 Å². The quantitative estimate of drug-likeness (QED) is 0.227. The summed E-state index contributed by atoms with van der Waals surface area (Å²) in [5.74, 6) is -0.181. The minimum Gasteiger partial charge on any atom is -0.484 e. The molecule has 0 saturated carbocycles. The number of fused-ring (bicyclic) bond motifs is 1. The van der Waals surface area contributed by atoms with E-state index >= 15 is 0 Å². The molecule has 0 unspecified atom stereocenters. The largest absolute Gasteiger partial charge is 0.484 e. The highest BCUT2D eigenvalue weighted by Crippen LogP contribution is 2.22. The molecule has 0 saturated heterocycles. The monoisotopic (exact) mass is 560 g/mol. The molecule has 0 aliphatic rings. The third-order valence-corrected chi connectivity index (χ3v) is 5.86. The molecule has 0 radical (unpaired) electrons. The van der Waals surface area contributed by atoms with Gasteiger partial charge in [-0.25, -0.2) is 14.2 Å². The van der Waals surface area contributed by atoms with E-state index in [1.54, 1.807) is 45.2 Å². The summed E-state index contributed by atoms with van der Waals surface area (Å²) in [7, 11) is 1.64. The van der Waals surface area contributed by atoms with Crippen molar-refractivity contribution in [2.75, 3.05) is 26.8 Å². The Balaban J connectivity index is 0.000000255. The second kappa shape index (κ2) is 13.1. The molecule has 4 aromatic rings. The number of rotatable bonds is 6.